The van der Waals surface area contributed by atoms with Gasteiger partial charge < -0.3 is 10.2 Å². The monoisotopic (exact) mass is 406 g/mol. The molecule has 2 aromatic carbocycles. The number of rotatable bonds is 4. The Bertz CT molecular complexity index is 707. The summed E-state index contributed by atoms with van der Waals surface area (Å²) in [5.74, 6) is -2.19. The van der Waals surface area contributed by atoms with Crippen LogP contribution in [0.4, 0.5) is 0 Å². The number of carboxylic acids is 2. The quantitative estimate of drug-likeness (QED) is 0.704. The molecule has 0 spiro atoms. The number of alkyl halides is 4. The Morgan fingerprint density at radius 2 is 0.958 bits per heavy atom. The summed E-state index contributed by atoms with van der Waals surface area (Å²) in [4.78, 5) is 20.3. The van der Waals surface area contributed by atoms with Crippen LogP contribution in [0.5, 0.6) is 0 Å². The van der Waals surface area contributed by atoms with Gasteiger partial charge in [0.25, 0.3) is 0 Å². The molecule has 2 rings (SSSR count). The van der Waals surface area contributed by atoms with E-state index in [2.05, 4.69) is 0 Å². The molecular formula is C16H10Cl4O4. The standard InChI is InChI=1S/C16H10Cl4O4/c17-15(16(18,19)20,11-5-1-9(2-6-11)13(21)22)12-7-3-10(4-8-12)14(23)24/h1-8H,(H,21,22)(H,23,24). The molecule has 2 N–H and O–H groups in total. The zero-order valence-electron chi connectivity index (χ0n) is 11.8. The molecule has 0 aliphatic heterocycles. The van der Waals surface area contributed by atoms with E-state index in [1.54, 1.807) is 0 Å². The molecule has 0 heterocycles. The molecule has 0 atom stereocenters. The zero-order chi connectivity index (χ0) is 18.1. The first kappa shape index (κ1) is 18.9. The Hall–Kier alpha value is -1.46. The summed E-state index contributed by atoms with van der Waals surface area (Å²) in [6, 6.07) is 11.2. The lowest BCUT2D eigenvalue weighted by atomic mass is 9.90. The Kier molecular flexibility index (Phi) is 5.35. The molecule has 0 saturated heterocycles. The van der Waals surface area contributed by atoms with Crippen molar-refractivity contribution in [2.24, 2.45) is 0 Å². The summed E-state index contributed by atoms with van der Waals surface area (Å²) in [5.41, 5.74) is 0.834. The van der Waals surface area contributed by atoms with Crippen LogP contribution in [0.2, 0.25) is 0 Å². The fourth-order valence-corrected chi connectivity index (χ4v) is 3.09. The van der Waals surface area contributed by atoms with Gasteiger partial charge in [-0.1, -0.05) is 59.1 Å². The minimum absolute atomic E-state index is 0.0586. The summed E-state index contributed by atoms with van der Waals surface area (Å²) < 4.78 is -1.98. The van der Waals surface area contributed by atoms with E-state index >= 15 is 0 Å². The molecule has 0 aliphatic carbocycles. The van der Waals surface area contributed by atoms with Gasteiger partial charge in [0.15, 0.2) is 0 Å². The van der Waals surface area contributed by atoms with E-state index in [9.17, 15) is 9.59 Å². The smallest absolute Gasteiger partial charge is 0.335 e. The third-order valence-electron chi connectivity index (χ3n) is 3.45. The van der Waals surface area contributed by atoms with Crippen molar-refractivity contribution in [3.05, 3.63) is 70.8 Å². The highest BCUT2D eigenvalue weighted by Crippen LogP contribution is 2.54. The maximum atomic E-state index is 11.0. The van der Waals surface area contributed by atoms with E-state index in [4.69, 9.17) is 56.6 Å². The number of hydrogen-bond acceptors (Lipinski definition) is 2. The Morgan fingerprint density at radius 3 is 1.17 bits per heavy atom. The highest BCUT2D eigenvalue weighted by atomic mass is 35.6. The number of hydrogen-bond donors (Lipinski definition) is 2. The van der Waals surface area contributed by atoms with Crippen LogP contribution in [-0.2, 0) is 4.87 Å². The summed E-state index contributed by atoms with van der Waals surface area (Å²) in [5, 5.41) is 17.9. The lowest BCUT2D eigenvalue weighted by molar-refractivity contribution is 0.0686. The lowest BCUT2D eigenvalue weighted by Crippen LogP contribution is -2.35. The van der Waals surface area contributed by atoms with E-state index in [-0.39, 0.29) is 11.1 Å². The molecule has 4 nitrogen and oxygen atoms in total. The number of aromatic carboxylic acids is 2. The fourth-order valence-electron chi connectivity index (χ4n) is 2.18. The van der Waals surface area contributed by atoms with Gasteiger partial charge in [-0.25, -0.2) is 9.59 Å². The molecule has 2 aromatic rings. The molecule has 0 bridgehead atoms. The second-order valence-electron chi connectivity index (χ2n) is 4.92. The summed E-state index contributed by atoms with van der Waals surface area (Å²) in [7, 11) is 0. The normalized spacial score (nSPS) is 12.0. The van der Waals surface area contributed by atoms with Crippen molar-refractivity contribution < 1.29 is 19.8 Å². The van der Waals surface area contributed by atoms with Gasteiger partial charge in [-0.3, -0.25) is 0 Å². The van der Waals surface area contributed by atoms with E-state index in [1.165, 1.54) is 48.5 Å². The van der Waals surface area contributed by atoms with Crippen molar-refractivity contribution in [1.82, 2.24) is 0 Å². The first-order valence-corrected chi connectivity index (χ1v) is 8.02. The molecule has 0 fully saturated rings. The number of carboxylic acid groups (broad SMARTS) is 2. The van der Waals surface area contributed by atoms with Crippen LogP contribution in [0.1, 0.15) is 31.8 Å². The fraction of sp³-hybridized carbons (Fsp3) is 0.125. The topological polar surface area (TPSA) is 74.6 Å². The minimum Gasteiger partial charge on any atom is -0.478 e. The summed E-state index contributed by atoms with van der Waals surface area (Å²) in [6.45, 7) is 0. The maximum Gasteiger partial charge on any atom is 0.335 e. The van der Waals surface area contributed by atoms with Gasteiger partial charge in [0, 0.05) is 0 Å². The third kappa shape index (κ3) is 3.47. The van der Waals surface area contributed by atoms with Crippen LogP contribution in [0.25, 0.3) is 0 Å². The van der Waals surface area contributed by atoms with Gasteiger partial charge in [0.05, 0.1) is 11.1 Å². The van der Waals surface area contributed by atoms with Crippen molar-refractivity contribution in [2.75, 3.05) is 0 Å². The SMILES string of the molecule is O=C(O)c1ccc(C(Cl)(c2ccc(C(=O)O)cc2)C(Cl)(Cl)Cl)cc1. The van der Waals surface area contributed by atoms with Crippen LogP contribution in [0.15, 0.2) is 48.5 Å². The summed E-state index contributed by atoms with van der Waals surface area (Å²) in [6.07, 6.45) is 0. The Labute approximate surface area is 157 Å². The van der Waals surface area contributed by atoms with Crippen molar-refractivity contribution in [3.63, 3.8) is 0 Å². The van der Waals surface area contributed by atoms with Gasteiger partial charge in [0.2, 0.25) is 3.79 Å². The summed E-state index contributed by atoms with van der Waals surface area (Å²) >= 11 is 24.9. The zero-order valence-corrected chi connectivity index (χ0v) is 14.9. The van der Waals surface area contributed by atoms with Crippen molar-refractivity contribution in [3.8, 4) is 0 Å². The average Bonchev–Trinajstić information content (AvgIpc) is 2.53. The molecule has 8 heteroatoms. The van der Waals surface area contributed by atoms with Crippen LogP contribution < -0.4 is 0 Å². The van der Waals surface area contributed by atoms with Gasteiger partial charge in [0.1, 0.15) is 4.87 Å². The molecular weight excluding hydrogens is 398 g/mol. The predicted octanol–water partition coefficient (Wildman–Crippen LogP) is 4.94. The second kappa shape index (κ2) is 6.81. The molecule has 0 saturated carbocycles. The Balaban J connectivity index is 2.58. The number of benzene rings is 2. The van der Waals surface area contributed by atoms with Crippen LogP contribution in [-0.4, -0.2) is 25.9 Å². The van der Waals surface area contributed by atoms with Crippen molar-refractivity contribution in [1.29, 1.82) is 0 Å². The van der Waals surface area contributed by atoms with E-state index in [1.807, 2.05) is 0 Å². The van der Waals surface area contributed by atoms with Crippen molar-refractivity contribution in [2.45, 2.75) is 8.67 Å². The first-order chi connectivity index (χ1) is 11.1. The maximum absolute atomic E-state index is 11.0. The van der Waals surface area contributed by atoms with Crippen molar-refractivity contribution >= 4 is 58.3 Å². The third-order valence-corrected chi connectivity index (χ3v) is 5.31. The van der Waals surface area contributed by atoms with Gasteiger partial charge in [-0.15, -0.1) is 11.6 Å². The molecule has 0 aromatic heterocycles. The van der Waals surface area contributed by atoms with Crippen LogP contribution >= 0.6 is 46.4 Å². The second-order valence-corrected chi connectivity index (χ2v) is 7.77. The lowest BCUT2D eigenvalue weighted by Gasteiger charge is -2.35. The first-order valence-electron chi connectivity index (χ1n) is 6.50. The van der Waals surface area contributed by atoms with Gasteiger partial charge in [-0.2, -0.15) is 0 Å². The van der Waals surface area contributed by atoms with Crippen LogP contribution in [0.3, 0.4) is 0 Å². The average molecular weight is 408 g/mol. The Morgan fingerprint density at radius 1 is 0.667 bits per heavy atom. The number of halogens is 4. The molecule has 24 heavy (non-hydrogen) atoms. The number of carbonyl (C=O) groups is 2. The molecule has 126 valence electrons. The largest absolute Gasteiger partial charge is 0.478 e. The predicted molar refractivity (Wildman–Crippen MR) is 93.7 cm³/mol. The highest BCUT2D eigenvalue weighted by molar-refractivity contribution is 6.71. The van der Waals surface area contributed by atoms with E-state index < -0.39 is 20.6 Å². The molecule has 0 amide bonds. The molecule has 0 radical (unpaired) electrons. The molecule has 0 aliphatic rings. The van der Waals surface area contributed by atoms with Crippen LogP contribution in [0, 0.1) is 0 Å². The minimum atomic E-state index is -1.98. The van der Waals surface area contributed by atoms with Gasteiger partial charge >= 0.3 is 11.9 Å². The van der Waals surface area contributed by atoms with E-state index in [0.717, 1.165) is 0 Å². The van der Waals surface area contributed by atoms with E-state index in [0.29, 0.717) is 11.1 Å². The molecule has 0 unspecified atom stereocenters. The highest BCUT2D eigenvalue weighted by Gasteiger charge is 2.50. The van der Waals surface area contributed by atoms with Gasteiger partial charge in [-0.05, 0) is 35.4 Å².